The Labute approximate surface area is 90.9 Å². The second-order valence-electron chi connectivity index (χ2n) is 3.73. The maximum absolute atomic E-state index is 8.40. The summed E-state index contributed by atoms with van der Waals surface area (Å²) in [5.41, 5.74) is 0. The van der Waals surface area contributed by atoms with Crippen LogP contribution in [0.2, 0.25) is 0 Å². The van der Waals surface area contributed by atoms with Gasteiger partial charge in [0.05, 0.1) is 12.1 Å². The molecule has 1 aromatic rings. The Bertz CT molecular complexity index is 299. The van der Waals surface area contributed by atoms with E-state index in [0.717, 1.165) is 13.0 Å². The van der Waals surface area contributed by atoms with Gasteiger partial charge in [-0.3, -0.25) is 4.68 Å². The quantitative estimate of drug-likeness (QED) is 0.721. The smallest absolute Gasteiger partial charge is 0.0641 e. The highest BCUT2D eigenvalue weighted by Gasteiger charge is 2.12. The van der Waals surface area contributed by atoms with Gasteiger partial charge in [0.15, 0.2) is 0 Å². The minimum Gasteiger partial charge on any atom is -0.312 e. The van der Waals surface area contributed by atoms with Crippen LogP contribution >= 0.6 is 0 Å². The summed E-state index contributed by atoms with van der Waals surface area (Å²) >= 11 is 0. The largest absolute Gasteiger partial charge is 0.312 e. The molecule has 1 heterocycles. The number of unbranched alkanes of at least 4 members (excludes halogenated alkanes) is 1. The fraction of sp³-hybridized carbons (Fsp3) is 0.636. The first-order valence-electron chi connectivity index (χ1n) is 5.35. The van der Waals surface area contributed by atoms with Gasteiger partial charge in [-0.2, -0.15) is 10.4 Å². The molecule has 0 aliphatic rings. The van der Waals surface area contributed by atoms with Gasteiger partial charge >= 0.3 is 0 Å². The van der Waals surface area contributed by atoms with Gasteiger partial charge in [0.1, 0.15) is 0 Å². The molecule has 1 aromatic heterocycles. The van der Waals surface area contributed by atoms with E-state index in [-0.39, 0.29) is 0 Å². The Balaban J connectivity index is 2.28. The van der Waals surface area contributed by atoms with Gasteiger partial charge in [0, 0.05) is 24.9 Å². The first-order valence-corrected chi connectivity index (χ1v) is 5.35. The van der Waals surface area contributed by atoms with Gasteiger partial charge in [-0.1, -0.05) is 0 Å². The van der Waals surface area contributed by atoms with Crippen molar-refractivity contribution in [2.24, 2.45) is 0 Å². The zero-order valence-corrected chi connectivity index (χ0v) is 9.35. The fourth-order valence-corrected chi connectivity index (χ4v) is 1.42. The van der Waals surface area contributed by atoms with Gasteiger partial charge in [-0.15, -0.1) is 0 Å². The second-order valence-corrected chi connectivity index (χ2v) is 3.73. The second kappa shape index (κ2) is 6.20. The minimum atomic E-state index is 0.335. The van der Waals surface area contributed by atoms with Gasteiger partial charge in [0.2, 0.25) is 0 Å². The molecule has 15 heavy (non-hydrogen) atoms. The molecule has 82 valence electrons. The van der Waals surface area contributed by atoms with Gasteiger partial charge < -0.3 is 5.32 Å². The van der Waals surface area contributed by atoms with E-state index in [1.165, 1.54) is 0 Å². The van der Waals surface area contributed by atoms with E-state index in [0.29, 0.717) is 18.5 Å². The third-order valence-electron chi connectivity index (χ3n) is 2.60. The van der Waals surface area contributed by atoms with Gasteiger partial charge in [0.25, 0.3) is 0 Å². The van der Waals surface area contributed by atoms with Crippen molar-refractivity contribution in [1.29, 1.82) is 5.26 Å². The van der Waals surface area contributed by atoms with Crippen LogP contribution in [0.3, 0.4) is 0 Å². The Morgan fingerprint density at radius 3 is 2.93 bits per heavy atom. The van der Waals surface area contributed by atoms with Crippen LogP contribution in [0.25, 0.3) is 0 Å². The molecule has 0 saturated heterocycles. The Kier molecular flexibility index (Phi) is 4.85. The molecule has 0 saturated carbocycles. The summed E-state index contributed by atoms with van der Waals surface area (Å²) < 4.78 is 1.95. The molecular weight excluding hydrogens is 188 g/mol. The van der Waals surface area contributed by atoms with E-state index < -0.39 is 0 Å². The molecule has 0 amide bonds. The highest BCUT2D eigenvalue weighted by atomic mass is 15.3. The van der Waals surface area contributed by atoms with E-state index in [2.05, 4.69) is 30.3 Å². The molecule has 1 rings (SSSR count). The lowest BCUT2D eigenvalue weighted by Gasteiger charge is -2.21. The number of nitrogens with zero attached hydrogens (tertiary/aromatic N) is 3. The lowest BCUT2D eigenvalue weighted by molar-refractivity contribution is 0.365. The van der Waals surface area contributed by atoms with Crippen LogP contribution in [0.5, 0.6) is 0 Å². The van der Waals surface area contributed by atoms with E-state index >= 15 is 0 Å². The molecule has 0 spiro atoms. The molecule has 4 heteroatoms. The molecule has 0 aliphatic carbocycles. The number of aromatic nitrogens is 2. The Hall–Kier alpha value is -1.34. The standard InChI is InChI=1S/C11H18N4/c1-10(13-7-4-3-6-12)11(2)15-9-5-8-14-15/h5,8-11,13H,3-4,7H2,1-2H3/t10-,11+/m1/s1. The predicted octanol–water partition coefficient (Wildman–Crippen LogP) is 1.73. The Morgan fingerprint density at radius 2 is 2.33 bits per heavy atom. The molecule has 0 unspecified atom stereocenters. The number of rotatable bonds is 6. The van der Waals surface area contributed by atoms with Crippen molar-refractivity contribution in [3.8, 4) is 6.07 Å². The van der Waals surface area contributed by atoms with Crippen LogP contribution in [0.4, 0.5) is 0 Å². The third-order valence-corrected chi connectivity index (χ3v) is 2.60. The number of nitriles is 1. The maximum atomic E-state index is 8.40. The van der Waals surface area contributed by atoms with E-state index in [1.807, 2.05) is 16.9 Å². The summed E-state index contributed by atoms with van der Waals surface area (Å²) in [4.78, 5) is 0. The summed E-state index contributed by atoms with van der Waals surface area (Å²) in [6.45, 7) is 5.16. The highest BCUT2D eigenvalue weighted by molar-refractivity contribution is 4.83. The molecule has 2 atom stereocenters. The topological polar surface area (TPSA) is 53.6 Å². The number of nitrogens with one attached hydrogen (secondary N) is 1. The van der Waals surface area contributed by atoms with Crippen molar-refractivity contribution in [2.75, 3.05) is 6.54 Å². The van der Waals surface area contributed by atoms with E-state index in [4.69, 9.17) is 5.26 Å². The molecule has 0 aliphatic heterocycles. The lowest BCUT2D eigenvalue weighted by Crippen LogP contribution is -2.34. The van der Waals surface area contributed by atoms with E-state index in [1.54, 1.807) is 6.20 Å². The zero-order chi connectivity index (χ0) is 11.1. The molecule has 4 nitrogen and oxygen atoms in total. The lowest BCUT2D eigenvalue weighted by atomic mass is 10.1. The molecular formula is C11H18N4. The van der Waals surface area contributed by atoms with Crippen molar-refractivity contribution in [3.63, 3.8) is 0 Å². The first kappa shape index (κ1) is 11.7. The SMILES string of the molecule is C[C@@H](NCCCC#N)[C@H](C)n1cccn1. The third kappa shape index (κ3) is 3.72. The van der Waals surface area contributed by atoms with Crippen molar-refractivity contribution in [2.45, 2.75) is 38.8 Å². The van der Waals surface area contributed by atoms with Crippen LogP contribution in [0.1, 0.15) is 32.7 Å². The van der Waals surface area contributed by atoms with Crippen LogP contribution in [0, 0.1) is 11.3 Å². The molecule has 0 fully saturated rings. The van der Waals surface area contributed by atoms with Crippen molar-refractivity contribution in [1.82, 2.24) is 15.1 Å². The van der Waals surface area contributed by atoms with Gasteiger partial charge in [-0.05, 0) is 32.9 Å². The Morgan fingerprint density at radius 1 is 1.53 bits per heavy atom. The van der Waals surface area contributed by atoms with Crippen LogP contribution in [-0.4, -0.2) is 22.4 Å². The summed E-state index contributed by atoms with van der Waals surface area (Å²) in [7, 11) is 0. The first-order chi connectivity index (χ1) is 7.25. The highest BCUT2D eigenvalue weighted by Crippen LogP contribution is 2.08. The van der Waals surface area contributed by atoms with Crippen molar-refractivity contribution < 1.29 is 0 Å². The zero-order valence-electron chi connectivity index (χ0n) is 9.35. The van der Waals surface area contributed by atoms with Crippen molar-refractivity contribution >= 4 is 0 Å². The normalized spacial score (nSPS) is 14.5. The maximum Gasteiger partial charge on any atom is 0.0641 e. The average Bonchev–Trinajstić information content (AvgIpc) is 2.76. The van der Waals surface area contributed by atoms with Crippen molar-refractivity contribution in [3.05, 3.63) is 18.5 Å². The molecule has 0 radical (unpaired) electrons. The average molecular weight is 206 g/mol. The van der Waals surface area contributed by atoms with Gasteiger partial charge in [-0.25, -0.2) is 0 Å². The summed E-state index contributed by atoms with van der Waals surface area (Å²) in [5.74, 6) is 0. The molecule has 0 aromatic carbocycles. The number of hydrogen-bond acceptors (Lipinski definition) is 3. The summed E-state index contributed by atoms with van der Waals surface area (Å²) in [6, 6.07) is 4.77. The monoisotopic (exact) mass is 206 g/mol. The molecule has 1 N–H and O–H groups in total. The fourth-order valence-electron chi connectivity index (χ4n) is 1.42. The number of hydrogen-bond donors (Lipinski definition) is 1. The predicted molar refractivity (Wildman–Crippen MR) is 59.2 cm³/mol. The van der Waals surface area contributed by atoms with Crippen LogP contribution < -0.4 is 5.32 Å². The summed E-state index contributed by atoms with van der Waals surface area (Å²) in [6.07, 6.45) is 5.29. The van der Waals surface area contributed by atoms with Crippen LogP contribution in [-0.2, 0) is 0 Å². The summed E-state index contributed by atoms with van der Waals surface area (Å²) in [5, 5.41) is 16.0. The molecule has 0 bridgehead atoms. The minimum absolute atomic E-state index is 0.335. The van der Waals surface area contributed by atoms with E-state index in [9.17, 15) is 0 Å². The van der Waals surface area contributed by atoms with Crippen LogP contribution in [0.15, 0.2) is 18.5 Å².